The number of nitrogens with one attached hydrogen (secondary N) is 1. The molecule has 2 fully saturated rings. The number of amides is 1. The van der Waals surface area contributed by atoms with Crippen LogP contribution in [0.15, 0.2) is 48.8 Å². The molecular formula is C24H23F3N4O2. The Kier molecular flexibility index (Phi) is 5.34. The van der Waals surface area contributed by atoms with Crippen LogP contribution in [0.3, 0.4) is 0 Å². The minimum Gasteiger partial charge on any atom is -0.493 e. The van der Waals surface area contributed by atoms with E-state index in [0.717, 1.165) is 30.5 Å². The first kappa shape index (κ1) is 21.5. The topological polar surface area (TPSA) is 67.3 Å². The van der Waals surface area contributed by atoms with Gasteiger partial charge in [0.05, 0.1) is 23.7 Å². The molecule has 3 aromatic rings. The lowest BCUT2D eigenvalue weighted by Crippen LogP contribution is -2.48. The van der Waals surface area contributed by atoms with Crippen LogP contribution >= 0.6 is 0 Å². The number of benzene rings is 1. The first-order valence-corrected chi connectivity index (χ1v) is 11.0. The second-order valence-corrected chi connectivity index (χ2v) is 8.49. The predicted molar refractivity (Wildman–Crippen MR) is 117 cm³/mol. The van der Waals surface area contributed by atoms with Gasteiger partial charge in [-0.05, 0) is 56.0 Å². The Balaban J connectivity index is 1.40. The molecule has 0 spiro atoms. The van der Waals surface area contributed by atoms with Crippen LogP contribution in [0.25, 0.3) is 10.9 Å². The molecule has 5 rings (SSSR count). The molecule has 9 heteroatoms. The molecule has 1 amide bonds. The molecule has 1 saturated heterocycles. The van der Waals surface area contributed by atoms with Gasteiger partial charge in [-0.1, -0.05) is 6.07 Å². The summed E-state index contributed by atoms with van der Waals surface area (Å²) in [6, 6.07) is 9.61. The number of aromatic nitrogens is 2. The number of halogens is 3. The van der Waals surface area contributed by atoms with Gasteiger partial charge in [-0.3, -0.25) is 9.78 Å². The standard InChI is InChI=1S/C24H23F3N4O2/c1-2-33-19-7-5-15-4-3-9-28-22(15)21(19)23(32)31-13-14-10-17(18(31)11-14)30-20-8-6-16(12-29-20)24(25,26)27/h3-9,12,14,17-18H,2,10-11,13H2,1H3,(H,29,30)/t14-,17+,18-/m0/s1. The highest BCUT2D eigenvalue weighted by Crippen LogP contribution is 2.41. The Morgan fingerprint density at radius 2 is 2.03 bits per heavy atom. The summed E-state index contributed by atoms with van der Waals surface area (Å²) in [6.45, 7) is 2.93. The minimum absolute atomic E-state index is 0.0833. The second kappa shape index (κ2) is 8.20. The molecule has 1 aromatic carbocycles. The zero-order valence-corrected chi connectivity index (χ0v) is 18.0. The maximum absolute atomic E-state index is 13.7. The van der Waals surface area contributed by atoms with E-state index < -0.39 is 11.7 Å². The third-order valence-electron chi connectivity index (χ3n) is 6.42. The van der Waals surface area contributed by atoms with E-state index in [1.54, 1.807) is 12.3 Å². The number of hydrogen-bond acceptors (Lipinski definition) is 5. The summed E-state index contributed by atoms with van der Waals surface area (Å²) >= 11 is 0. The predicted octanol–water partition coefficient (Wildman–Crippen LogP) is 4.76. The number of rotatable bonds is 5. The molecule has 0 radical (unpaired) electrons. The molecule has 0 unspecified atom stereocenters. The average molecular weight is 456 g/mol. The van der Waals surface area contributed by atoms with Crippen molar-refractivity contribution in [2.45, 2.75) is 38.0 Å². The average Bonchev–Trinajstić information content (AvgIpc) is 3.39. The van der Waals surface area contributed by atoms with Gasteiger partial charge in [-0.2, -0.15) is 13.2 Å². The van der Waals surface area contributed by atoms with Crippen molar-refractivity contribution < 1.29 is 22.7 Å². The highest BCUT2D eigenvalue weighted by Gasteiger charge is 2.48. The zero-order chi connectivity index (χ0) is 23.2. The number of pyridine rings is 2. The zero-order valence-electron chi connectivity index (χ0n) is 18.0. The first-order valence-electron chi connectivity index (χ1n) is 11.0. The normalized spacial score (nSPS) is 22.1. The van der Waals surface area contributed by atoms with E-state index in [1.165, 1.54) is 6.07 Å². The van der Waals surface area contributed by atoms with Gasteiger partial charge in [0.15, 0.2) is 0 Å². The Morgan fingerprint density at radius 3 is 2.73 bits per heavy atom. The number of hydrogen-bond donors (Lipinski definition) is 1. The van der Waals surface area contributed by atoms with E-state index in [9.17, 15) is 18.0 Å². The summed E-state index contributed by atoms with van der Waals surface area (Å²) in [6.07, 6.45) is -0.262. The molecule has 1 N–H and O–H groups in total. The summed E-state index contributed by atoms with van der Waals surface area (Å²) < 4.78 is 44.2. The number of alkyl halides is 3. The number of nitrogens with zero attached hydrogens (tertiary/aromatic N) is 3. The fourth-order valence-electron chi connectivity index (χ4n) is 5.00. The van der Waals surface area contributed by atoms with Crippen LogP contribution in [0.4, 0.5) is 19.0 Å². The molecule has 2 aromatic heterocycles. The highest BCUT2D eigenvalue weighted by atomic mass is 19.4. The first-order chi connectivity index (χ1) is 15.8. The molecule has 2 aliphatic rings. The van der Waals surface area contributed by atoms with E-state index in [4.69, 9.17) is 4.74 Å². The molecule has 172 valence electrons. The van der Waals surface area contributed by atoms with Crippen molar-refractivity contribution in [3.05, 3.63) is 59.9 Å². The van der Waals surface area contributed by atoms with Crippen molar-refractivity contribution in [3.8, 4) is 5.75 Å². The van der Waals surface area contributed by atoms with Gasteiger partial charge in [0, 0.05) is 30.4 Å². The second-order valence-electron chi connectivity index (χ2n) is 8.49. The van der Waals surface area contributed by atoms with Crippen LogP contribution in [0.5, 0.6) is 5.75 Å². The number of anilines is 1. The Labute approximate surface area is 188 Å². The smallest absolute Gasteiger partial charge is 0.417 e. The van der Waals surface area contributed by atoms with Gasteiger partial charge < -0.3 is 15.0 Å². The highest BCUT2D eigenvalue weighted by molar-refractivity contribution is 6.08. The van der Waals surface area contributed by atoms with Crippen LogP contribution < -0.4 is 10.1 Å². The summed E-state index contributed by atoms with van der Waals surface area (Å²) in [5.41, 5.74) is 0.267. The van der Waals surface area contributed by atoms with E-state index in [1.807, 2.05) is 30.0 Å². The Morgan fingerprint density at radius 1 is 1.18 bits per heavy atom. The summed E-state index contributed by atoms with van der Waals surface area (Å²) in [4.78, 5) is 24.0. The van der Waals surface area contributed by atoms with Gasteiger partial charge in [0.25, 0.3) is 5.91 Å². The van der Waals surface area contributed by atoms with E-state index >= 15 is 0 Å². The van der Waals surface area contributed by atoms with Crippen molar-refractivity contribution >= 4 is 22.6 Å². The third-order valence-corrected chi connectivity index (χ3v) is 6.42. The molecule has 6 nitrogen and oxygen atoms in total. The van der Waals surface area contributed by atoms with Crippen molar-refractivity contribution in [1.29, 1.82) is 0 Å². The van der Waals surface area contributed by atoms with Gasteiger partial charge in [-0.25, -0.2) is 4.98 Å². The van der Waals surface area contributed by atoms with Crippen LogP contribution in [-0.2, 0) is 6.18 Å². The molecule has 3 atom stereocenters. The fourth-order valence-corrected chi connectivity index (χ4v) is 5.00. The van der Waals surface area contributed by atoms with E-state index in [0.29, 0.717) is 41.7 Å². The molecule has 33 heavy (non-hydrogen) atoms. The van der Waals surface area contributed by atoms with E-state index in [2.05, 4.69) is 15.3 Å². The lowest BCUT2D eigenvalue weighted by molar-refractivity contribution is -0.137. The molecule has 3 heterocycles. The van der Waals surface area contributed by atoms with Crippen molar-refractivity contribution in [2.24, 2.45) is 5.92 Å². The number of fused-ring (bicyclic) bond motifs is 3. The largest absolute Gasteiger partial charge is 0.493 e. The number of carbonyl (C=O) groups is 1. The lowest BCUT2D eigenvalue weighted by atomic mass is 10.0. The van der Waals surface area contributed by atoms with Crippen molar-refractivity contribution in [2.75, 3.05) is 18.5 Å². The molecule has 2 bridgehead atoms. The number of likely N-dealkylation sites (tertiary alicyclic amines) is 1. The minimum atomic E-state index is -4.42. The van der Waals surface area contributed by atoms with Gasteiger partial charge in [0.2, 0.25) is 0 Å². The third kappa shape index (κ3) is 3.96. The van der Waals surface area contributed by atoms with Gasteiger partial charge >= 0.3 is 6.18 Å². The molecule has 1 aliphatic heterocycles. The maximum Gasteiger partial charge on any atom is 0.417 e. The van der Waals surface area contributed by atoms with Crippen LogP contribution in [0.2, 0.25) is 0 Å². The number of carbonyl (C=O) groups excluding carboxylic acids is 1. The van der Waals surface area contributed by atoms with Crippen LogP contribution in [0.1, 0.15) is 35.7 Å². The fraction of sp³-hybridized carbons (Fsp3) is 0.375. The number of ether oxygens (including phenoxy) is 1. The molecule has 1 aliphatic carbocycles. The number of piperidine rings is 1. The van der Waals surface area contributed by atoms with Crippen molar-refractivity contribution in [1.82, 2.24) is 14.9 Å². The SMILES string of the molecule is CCOc1ccc2cccnc2c1C(=O)N1C[C@H]2C[C@@H](Nc3ccc(C(F)(F)F)cn3)[C@@H]1C2. The van der Waals surface area contributed by atoms with E-state index in [-0.39, 0.29) is 18.0 Å². The van der Waals surface area contributed by atoms with Crippen LogP contribution in [-0.4, -0.2) is 46.0 Å². The van der Waals surface area contributed by atoms with Gasteiger partial charge in [-0.15, -0.1) is 0 Å². The molecule has 1 saturated carbocycles. The monoisotopic (exact) mass is 456 g/mol. The quantitative estimate of drug-likeness (QED) is 0.600. The summed E-state index contributed by atoms with van der Waals surface area (Å²) in [5, 5.41) is 4.10. The Hall–Kier alpha value is -3.36. The maximum atomic E-state index is 13.7. The summed E-state index contributed by atoms with van der Waals surface area (Å²) in [7, 11) is 0. The summed E-state index contributed by atoms with van der Waals surface area (Å²) in [5.74, 6) is 1.06. The van der Waals surface area contributed by atoms with Crippen molar-refractivity contribution in [3.63, 3.8) is 0 Å². The van der Waals surface area contributed by atoms with Crippen LogP contribution in [0, 0.1) is 5.92 Å². The Bertz CT molecular complexity index is 1180. The lowest BCUT2D eigenvalue weighted by Gasteiger charge is -2.34. The van der Waals surface area contributed by atoms with Gasteiger partial charge in [0.1, 0.15) is 17.1 Å². The molecular weight excluding hydrogens is 433 g/mol.